The number of fused-ring (bicyclic) bond motifs is 1. The van der Waals surface area contributed by atoms with Crippen LogP contribution in [0.5, 0.6) is 0 Å². The normalized spacial score (nSPS) is 11.8. The Morgan fingerprint density at radius 1 is 1.18 bits per heavy atom. The van der Waals surface area contributed by atoms with Gasteiger partial charge in [0.25, 0.3) is 11.2 Å². The van der Waals surface area contributed by atoms with E-state index in [4.69, 9.17) is 0 Å². The Bertz CT molecular complexity index is 1390. The number of para-hydroxylation sites is 1. The minimum Gasteiger partial charge on any atom is -0.325 e. The largest absolute Gasteiger partial charge is 0.325 e. The molecule has 1 amide bonds. The van der Waals surface area contributed by atoms with E-state index < -0.39 is 10.2 Å². The molecule has 1 atom stereocenters. The lowest BCUT2D eigenvalue weighted by Gasteiger charge is -2.16. The van der Waals surface area contributed by atoms with Crippen LogP contribution in [0.1, 0.15) is 12.5 Å². The van der Waals surface area contributed by atoms with Crippen molar-refractivity contribution < 1.29 is 9.72 Å². The van der Waals surface area contributed by atoms with Gasteiger partial charge >= 0.3 is 0 Å². The van der Waals surface area contributed by atoms with Crippen LogP contribution in [0.25, 0.3) is 10.9 Å². The second-order valence-electron chi connectivity index (χ2n) is 7.22. The molecule has 2 aromatic carbocycles. The van der Waals surface area contributed by atoms with Crippen molar-refractivity contribution in [2.45, 2.75) is 23.9 Å². The number of nitrogens with one attached hydrogen (secondary N) is 1. The maximum Gasteiger partial charge on any atom is 0.271 e. The second kappa shape index (κ2) is 9.61. The number of benzene rings is 2. The highest BCUT2D eigenvalue weighted by molar-refractivity contribution is 8.00. The molecule has 0 aliphatic carbocycles. The predicted molar refractivity (Wildman–Crippen MR) is 126 cm³/mol. The van der Waals surface area contributed by atoms with Gasteiger partial charge in [0.2, 0.25) is 5.91 Å². The molecule has 10 heteroatoms. The van der Waals surface area contributed by atoms with E-state index in [-0.39, 0.29) is 23.7 Å². The third kappa shape index (κ3) is 5.07. The number of carbonyl (C=O) groups is 1. The third-order valence-electron chi connectivity index (χ3n) is 4.87. The molecule has 2 heterocycles. The van der Waals surface area contributed by atoms with E-state index in [1.54, 1.807) is 55.7 Å². The SMILES string of the molecule is CC(Sc1nc2ccccc2c(=O)n1Cc1cccnc1)C(=O)Nc1cccc([N+](=O)[O-])c1. The van der Waals surface area contributed by atoms with Gasteiger partial charge < -0.3 is 5.32 Å². The summed E-state index contributed by atoms with van der Waals surface area (Å²) in [5.41, 5.74) is 1.36. The predicted octanol–water partition coefficient (Wildman–Crippen LogP) is 3.87. The van der Waals surface area contributed by atoms with Gasteiger partial charge in [-0.3, -0.25) is 29.3 Å². The first-order valence-corrected chi connectivity index (χ1v) is 10.9. The maximum absolute atomic E-state index is 13.2. The number of thioether (sulfide) groups is 1. The number of nitro groups is 1. The number of nitrogens with zero attached hydrogens (tertiary/aromatic N) is 4. The highest BCUT2D eigenvalue weighted by Crippen LogP contribution is 2.25. The van der Waals surface area contributed by atoms with E-state index in [2.05, 4.69) is 15.3 Å². The number of nitro benzene ring substituents is 1. The van der Waals surface area contributed by atoms with Gasteiger partial charge in [0.15, 0.2) is 5.16 Å². The van der Waals surface area contributed by atoms with Crippen LogP contribution >= 0.6 is 11.8 Å². The molecule has 0 aliphatic rings. The number of rotatable bonds is 7. The topological polar surface area (TPSA) is 120 Å². The Labute approximate surface area is 192 Å². The van der Waals surface area contributed by atoms with Gasteiger partial charge in [0.1, 0.15) is 0 Å². The highest BCUT2D eigenvalue weighted by Gasteiger charge is 2.20. The van der Waals surface area contributed by atoms with Gasteiger partial charge in [-0.1, -0.05) is 36.0 Å². The van der Waals surface area contributed by atoms with Crippen LogP contribution in [0.2, 0.25) is 0 Å². The van der Waals surface area contributed by atoms with Crippen molar-refractivity contribution in [1.29, 1.82) is 0 Å². The summed E-state index contributed by atoms with van der Waals surface area (Å²) in [6.07, 6.45) is 3.33. The van der Waals surface area contributed by atoms with Gasteiger partial charge in [0.05, 0.1) is 27.6 Å². The van der Waals surface area contributed by atoms with E-state index in [1.807, 2.05) is 6.07 Å². The summed E-state index contributed by atoms with van der Waals surface area (Å²) in [6, 6.07) is 16.4. The molecule has 0 aliphatic heterocycles. The summed E-state index contributed by atoms with van der Waals surface area (Å²) in [6.45, 7) is 1.94. The maximum atomic E-state index is 13.2. The molecule has 1 unspecified atom stereocenters. The Morgan fingerprint density at radius 2 is 2.00 bits per heavy atom. The molecule has 4 rings (SSSR count). The van der Waals surface area contributed by atoms with E-state index in [0.717, 1.165) is 17.3 Å². The summed E-state index contributed by atoms with van der Waals surface area (Å²) in [5, 5.41) is 13.9. The number of aromatic nitrogens is 3. The minimum absolute atomic E-state index is 0.116. The number of carbonyl (C=O) groups excluding carboxylic acids is 1. The molecule has 0 saturated carbocycles. The van der Waals surface area contributed by atoms with Gasteiger partial charge in [-0.05, 0) is 36.8 Å². The zero-order valence-corrected chi connectivity index (χ0v) is 18.4. The zero-order chi connectivity index (χ0) is 23.4. The molecular formula is C23H19N5O4S. The van der Waals surface area contributed by atoms with Crippen molar-refractivity contribution in [1.82, 2.24) is 14.5 Å². The van der Waals surface area contributed by atoms with Crippen molar-refractivity contribution >= 4 is 39.9 Å². The Morgan fingerprint density at radius 3 is 2.76 bits per heavy atom. The number of non-ortho nitro benzene ring substituents is 1. The average Bonchev–Trinajstić information content (AvgIpc) is 2.82. The lowest BCUT2D eigenvalue weighted by Crippen LogP contribution is -2.27. The number of amides is 1. The molecule has 0 bridgehead atoms. The fourth-order valence-corrected chi connectivity index (χ4v) is 4.11. The summed E-state index contributed by atoms with van der Waals surface area (Å²) >= 11 is 1.14. The van der Waals surface area contributed by atoms with E-state index in [0.29, 0.717) is 21.7 Å². The van der Waals surface area contributed by atoms with Crippen LogP contribution < -0.4 is 10.9 Å². The minimum atomic E-state index is -0.627. The van der Waals surface area contributed by atoms with Crippen LogP contribution in [0.4, 0.5) is 11.4 Å². The summed E-state index contributed by atoms with van der Waals surface area (Å²) in [5.74, 6) is -0.365. The molecule has 0 saturated heterocycles. The number of hydrogen-bond acceptors (Lipinski definition) is 7. The van der Waals surface area contributed by atoms with Gasteiger partial charge in [-0.2, -0.15) is 0 Å². The Balaban J connectivity index is 1.63. The van der Waals surface area contributed by atoms with Crippen molar-refractivity contribution in [3.63, 3.8) is 0 Å². The quantitative estimate of drug-likeness (QED) is 0.192. The molecule has 0 fully saturated rings. The number of pyridine rings is 1. The third-order valence-corrected chi connectivity index (χ3v) is 5.96. The average molecular weight is 462 g/mol. The van der Waals surface area contributed by atoms with E-state index in [1.165, 1.54) is 22.8 Å². The molecule has 33 heavy (non-hydrogen) atoms. The smallest absolute Gasteiger partial charge is 0.271 e. The molecule has 1 N–H and O–H groups in total. The molecule has 0 spiro atoms. The second-order valence-corrected chi connectivity index (χ2v) is 8.53. The first-order valence-electron chi connectivity index (χ1n) is 10.0. The lowest BCUT2D eigenvalue weighted by molar-refractivity contribution is -0.384. The zero-order valence-electron chi connectivity index (χ0n) is 17.5. The molecule has 2 aromatic heterocycles. The van der Waals surface area contributed by atoms with Crippen LogP contribution in [-0.2, 0) is 11.3 Å². The number of anilines is 1. The number of hydrogen-bond donors (Lipinski definition) is 1. The first-order chi connectivity index (χ1) is 15.9. The molecule has 4 aromatic rings. The van der Waals surface area contributed by atoms with Crippen LogP contribution in [0.15, 0.2) is 83.0 Å². The summed E-state index contributed by atoms with van der Waals surface area (Å²) < 4.78 is 1.53. The molecular weight excluding hydrogens is 442 g/mol. The molecule has 166 valence electrons. The van der Waals surface area contributed by atoms with E-state index in [9.17, 15) is 19.7 Å². The fraction of sp³-hybridized carbons (Fsp3) is 0.130. The molecule has 9 nitrogen and oxygen atoms in total. The van der Waals surface area contributed by atoms with Crippen molar-refractivity contribution in [2.24, 2.45) is 0 Å². The standard InChI is InChI=1S/C23H19N5O4S/c1-15(21(29)25-17-7-4-8-18(12-17)28(31)32)33-23-26-20-10-3-2-9-19(20)22(30)27(23)14-16-6-5-11-24-13-16/h2-13,15H,14H2,1H3,(H,25,29). The lowest BCUT2D eigenvalue weighted by atomic mass is 10.2. The monoisotopic (exact) mass is 461 g/mol. The summed E-state index contributed by atoms with van der Waals surface area (Å²) in [4.78, 5) is 45.2. The van der Waals surface area contributed by atoms with Crippen LogP contribution in [-0.4, -0.2) is 30.6 Å². The van der Waals surface area contributed by atoms with Gasteiger partial charge in [0, 0.05) is 30.2 Å². The van der Waals surface area contributed by atoms with Crippen molar-refractivity contribution in [3.8, 4) is 0 Å². The van der Waals surface area contributed by atoms with Crippen molar-refractivity contribution in [3.05, 3.63) is 99.1 Å². The van der Waals surface area contributed by atoms with E-state index >= 15 is 0 Å². The van der Waals surface area contributed by atoms with Crippen LogP contribution in [0, 0.1) is 10.1 Å². The Hall–Kier alpha value is -4.05. The van der Waals surface area contributed by atoms with Crippen molar-refractivity contribution in [2.75, 3.05) is 5.32 Å². The molecule has 0 radical (unpaired) electrons. The summed E-state index contributed by atoms with van der Waals surface area (Å²) in [7, 11) is 0. The first kappa shape index (κ1) is 22.2. The van der Waals surface area contributed by atoms with Gasteiger partial charge in [-0.25, -0.2) is 4.98 Å². The Kier molecular flexibility index (Phi) is 6.45. The van der Waals surface area contributed by atoms with Crippen LogP contribution in [0.3, 0.4) is 0 Å². The fourth-order valence-electron chi connectivity index (χ4n) is 3.20. The van der Waals surface area contributed by atoms with Gasteiger partial charge in [-0.15, -0.1) is 0 Å². The highest BCUT2D eigenvalue weighted by atomic mass is 32.2.